The third kappa shape index (κ3) is 4.83. The molecule has 2 aliphatic heterocycles. The number of aryl methyl sites for hydroxylation is 1. The van der Waals surface area contributed by atoms with Gasteiger partial charge >= 0.3 is 0 Å². The van der Waals surface area contributed by atoms with Gasteiger partial charge in [0, 0.05) is 31.9 Å². The Morgan fingerprint density at radius 2 is 1.58 bits per heavy atom. The number of likely N-dealkylation sites (tertiary alicyclic amines) is 1. The van der Waals surface area contributed by atoms with Crippen molar-refractivity contribution >= 4 is 17.5 Å². The van der Waals surface area contributed by atoms with Crippen LogP contribution in [0.1, 0.15) is 24.0 Å². The fourth-order valence-corrected chi connectivity index (χ4v) is 3.67. The van der Waals surface area contributed by atoms with Crippen molar-refractivity contribution < 1.29 is 9.59 Å². The topological polar surface area (TPSA) is 55.9 Å². The molecule has 0 radical (unpaired) electrons. The highest BCUT2D eigenvalue weighted by Gasteiger charge is 2.24. The van der Waals surface area contributed by atoms with E-state index in [4.69, 9.17) is 0 Å². The minimum atomic E-state index is 0.00976. The van der Waals surface area contributed by atoms with E-state index in [1.54, 1.807) is 0 Å². The first-order valence-electron chi connectivity index (χ1n) is 9.61. The average Bonchev–Trinajstić information content (AvgIpc) is 3.12. The number of nitrogens with one attached hydrogen (secondary N) is 1. The minimum Gasteiger partial charge on any atom is -0.339 e. The van der Waals surface area contributed by atoms with E-state index in [-0.39, 0.29) is 11.8 Å². The molecule has 0 aliphatic carbocycles. The van der Waals surface area contributed by atoms with E-state index in [1.165, 1.54) is 18.4 Å². The predicted molar refractivity (Wildman–Crippen MR) is 103 cm³/mol. The number of hydrogen-bond acceptors (Lipinski definition) is 4. The molecule has 2 fully saturated rings. The molecule has 0 bridgehead atoms. The third-order valence-electron chi connectivity index (χ3n) is 5.53. The lowest BCUT2D eigenvalue weighted by Gasteiger charge is -2.35. The number of amides is 2. The van der Waals surface area contributed by atoms with E-state index in [2.05, 4.69) is 15.1 Å². The number of piperazine rings is 1. The molecule has 1 aromatic carbocycles. The quantitative estimate of drug-likeness (QED) is 0.866. The van der Waals surface area contributed by atoms with E-state index in [0.29, 0.717) is 26.2 Å². The van der Waals surface area contributed by atoms with Crippen LogP contribution in [-0.4, -0.2) is 78.9 Å². The van der Waals surface area contributed by atoms with Gasteiger partial charge in [-0.1, -0.05) is 12.1 Å². The zero-order valence-corrected chi connectivity index (χ0v) is 16.0. The number of rotatable bonds is 5. The maximum absolute atomic E-state index is 12.4. The molecule has 1 N–H and O–H groups in total. The molecule has 1 aromatic rings. The number of nitrogens with zero attached hydrogens (tertiary/aromatic N) is 3. The van der Waals surface area contributed by atoms with Crippen molar-refractivity contribution in [2.45, 2.75) is 26.7 Å². The molecule has 142 valence electrons. The molecule has 26 heavy (non-hydrogen) atoms. The third-order valence-corrected chi connectivity index (χ3v) is 5.53. The van der Waals surface area contributed by atoms with Crippen molar-refractivity contribution in [3.8, 4) is 0 Å². The summed E-state index contributed by atoms with van der Waals surface area (Å²) in [4.78, 5) is 31.0. The Balaban J connectivity index is 1.42. The van der Waals surface area contributed by atoms with Gasteiger partial charge in [0.05, 0.1) is 13.1 Å². The van der Waals surface area contributed by atoms with Crippen LogP contribution in [0.4, 0.5) is 5.69 Å². The molecule has 0 atom stereocenters. The van der Waals surface area contributed by atoms with Gasteiger partial charge in [0.25, 0.3) is 0 Å². The van der Waals surface area contributed by atoms with E-state index in [9.17, 15) is 9.59 Å². The van der Waals surface area contributed by atoms with Crippen LogP contribution in [0.25, 0.3) is 0 Å². The maximum atomic E-state index is 12.4. The highest BCUT2D eigenvalue weighted by Crippen LogP contribution is 2.18. The van der Waals surface area contributed by atoms with E-state index < -0.39 is 0 Å². The van der Waals surface area contributed by atoms with Gasteiger partial charge in [-0.15, -0.1) is 0 Å². The molecule has 0 aromatic heterocycles. The number of benzene rings is 1. The summed E-state index contributed by atoms with van der Waals surface area (Å²) in [5.41, 5.74) is 3.17. The van der Waals surface area contributed by atoms with Gasteiger partial charge in [0.15, 0.2) is 0 Å². The van der Waals surface area contributed by atoms with Gasteiger partial charge in [0.2, 0.25) is 11.8 Å². The molecule has 0 saturated carbocycles. The largest absolute Gasteiger partial charge is 0.339 e. The van der Waals surface area contributed by atoms with E-state index in [0.717, 1.165) is 37.4 Å². The van der Waals surface area contributed by atoms with Crippen LogP contribution in [0.5, 0.6) is 0 Å². The van der Waals surface area contributed by atoms with Gasteiger partial charge in [-0.3, -0.25) is 19.4 Å². The van der Waals surface area contributed by atoms with Crippen molar-refractivity contribution in [3.05, 3.63) is 29.3 Å². The number of carbonyl (C=O) groups excluding carboxylic acids is 2. The minimum absolute atomic E-state index is 0.00976. The second kappa shape index (κ2) is 8.64. The Morgan fingerprint density at radius 3 is 2.27 bits per heavy atom. The van der Waals surface area contributed by atoms with Crippen molar-refractivity contribution in [1.82, 2.24) is 14.7 Å². The molecule has 3 rings (SSSR count). The molecule has 6 heteroatoms. The molecule has 2 amide bonds. The zero-order chi connectivity index (χ0) is 18.5. The van der Waals surface area contributed by atoms with Gasteiger partial charge < -0.3 is 10.2 Å². The highest BCUT2D eigenvalue weighted by atomic mass is 16.2. The molecule has 6 nitrogen and oxygen atoms in total. The first kappa shape index (κ1) is 18.9. The van der Waals surface area contributed by atoms with Crippen LogP contribution in [0.2, 0.25) is 0 Å². The summed E-state index contributed by atoms with van der Waals surface area (Å²) >= 11 is 0. The fraction of sp³-hybridized carbons (Fsp3) is 0.600. The second-order valence-corrected chi connectivity index (χ2v) is 7.44. The van der Waals surface area contributed by atoms with Gasteiger partial charge in [-0.25, -0.2) is 0 Å². The first-order valence-corrected chi connectivity index (χ1v) is 9.61. The van der Waals surface area contributed by atoms with Crippen LogP contribution >= 0.6 is 0 Å². The Morgan fingerprint density at radius 1 is 0.923 bits per heavy atom. The zero-order valence-electron chi connectivity index (χ0n) is 16.0. The SMILES string of the molecule is Cc1cccc(NC(=O)CN2CCN(C(=O)CN3CCCC3)CC2)c1C. The fourth-order valence-electron chi connectivity index (χ4n) is 3.67. The smallest absolute Gasteiger partial charge is 0.238 e. The second-order valence-electron chi connectivity index (χ2n) is 7.44. The lowest BCUT2D eigenvalue weighted by Crippen LogP contribution is -2.52. The molecular formula is C20H30N4O2. The van der Waals surface area contributed by atoms with Crippen LogP contribution < -0.4 is 5.32 Å². The molecule has 0 spiro atoms. The Bertz CT molecular complexity index is 647. The van der Waals surface area contributed by atoms with Crippen molar-refractivity contribution in [2.75, 3.05) is 57.7 Å². The van der Waals surface area contributed by atoms with Crippen molar-refractivity contribution in [3.63, 3.8) is 0 Å². The van der Waals surface area contributed by atoms with Crippen molar-refractivity contribution in [1.29, 1.82) is 0 Å². The average molecular weight is 358 g/mol. The summed E-state index contributed by atoms with van der Waals surface area (Å²) < 4.78 is 0. The number of carbonyl (C=O) groups is 2. The lowest BCUT2D eigenvalue weighted by molar-refractivity contribution is -0.134. The Hall–Kier alpha value is -1.92. The number of anilines is 1. The summed E-state index contributed by atoms with van der Waals surface area (Å²) in [6.45, 7) is 10.0. The maximum Gasteiger partial charge on any atom is 0.238 e. The van der Waals surface area contributed by atoms with Crippen LogP contribution in [-0.2, 0) is 9.59 Å². The molecular weight excluding hydrogens is 328 g/mol. The summed E-state index contributed by atoms with van der Waals surface area (Å²) in [6.07, 6.45) is 2.41. The van der Waals surface area contributed by atoms with Gasteiger partial charge in [-0.05, 0) is 57.0 Å². The predicted octanol–water partition coefficient (Wildman–Crippen LogP) is 1.48. The Kier molecular flexibility index (Phi) is 6.27. The lowest BCUT2D eigenvalue weighted by atomic mass is 10.1. The molecule has 0 unspecified atom stereocenters. The summed E-state index contributed by atoms with van der Waals surface area (Å²) in [5, 5.41) is 3.01. The molecule has 2 saturated heterocycles. The van der Waals surface area contributed by atoms with Gasteiger partial charge in [-0.2, -0.15) is 0 Å². The standard InChI is InChI=1S/C20H30N4O2/c1-16-6-5-7-18(17(16)2)21-19(25)14-23-10-12-24(13-11-23)20(26)15-22-8-3-4-9-22/h5-7H,3-4,8-15H2,1-2H3,(H,21,25). The van der Waals surface area contributed by atoms with Crippen molar-refractivity contribution in [2.24, 2.45) is 0 Å². The van der Waals surface area contributed by atoms with Crippen LogP contribution in [0.15, 0.2) is 18.2 Å². The summed E-state index contributed by atoms with van der Waals surface area (Å²) in [5.74, 6) is 0.238. The van der Waals surface area contributed by atoms with E-state index >= 15 is 0 Å². The highest BCUT2D eigenvalue weighted by molar-refractivity contribution is 5.93. The van der Waals surface area contributed by atoms with E-state index in [1.807, 2.05) is 36.9 Å². The first-order chi connectivity index (χ1) is 12.5. The van der Waals surface area contributed by atoms with Crippen LogP contribution in [0, 0.1) is 13.8 Å². The Labute approximate surface area is 156 Å². The monoisotopic (exact) mass is 358 g/mol. The normalized spacial score (nSPS) is 18.9. The molecule has 2 aliphatic rings. The summed E-state index contributed by atoms with van der Waals surface area (Å²) in [7, 11) is 0. The van der Waals surface area contributed by atoms with Crippen LogP contribution in [0.3, 0.4) is 0 Å². The summed E-state index contributed by atoms with van der Waals surface area (Å²) in [6, 6.07) is 5.95. The molecule has 2 heterocycles. The van der Waals surface area contributed by atoms with Gasteiger partial charge in [0.1, 0.15) is 0 Å². The number of hydrogen-bond donors (Lipinski definition) is 1.